The molecule has 0 aliphatic carbocycles. The summed E-state index contributed by atoms with van der Waals surface area (Å²) < 4.78 is 4.98. The maximum atomic E-state index is 11.7. The highest BCUT2D eigenvalue weighted by molar-refractivity contribution is 5.91. The van der Waals surface area contributed by atoms with E-state index in [9.17, 15) is 15.0 Å². The molecule has 3 N–H and O–H groups in total. The summed E-state index contributed by atoms with van der Waals surface area (Å²) in [4.78, 5) is 11.7. The van der Waals surface area contributed by atoms with E-state index in [1.54, 1.807) is 0 Å². The van der Waals surface area contributed by atoms with Crippen LogP contribution in [0.2, 0.25) is 0 Å². The Kier molecular flexibility index (Phi) is 3.05. The normalized spacial score (nSPS) is 10.0. The second-order valence-corrected chi connectivity index (χ2v) is 3.59. The van der Waals surface area contributed by atoms with Crippen molar-refractivity contribution in [3.63, 3.8) is 0 Å². The third kappa shape index (κ3) is 2.52. The van der Waals surface area contributed by atoms with Gasteiger partial charge in [0.05, 0.1) is 5.56 Å². The van der Waals surface area contributed by atoms with Crippen LogP contribution in [0.4, 0.5) is 0 Å². The van der Waals surface area contributed by atoms with Crippen molar-refractivity contribution >= 4 is 5.97 Å². The Balaban J connectivity index is 2.19. The van der Waals surface area contributed by atoms with Crippen LogP contribution in [0.15, 0.2) is 42.5 Å². The minimum Gasteiger partial charge on any atom is -0.508 e. The van der Waals surface area contributed by atoms with Gasteiger partial charge in [0.25, 0.3) is 0 Å². The third-order valence-electron chi connectivity index (χ3n) is 2.24. The predicted octanol–water partition coefficient (Wildman–Crippen LogP) is 2.02. The number of rotatable bonds is 2. The molecule has 5 nitrogen and oxygen atoms in total. The zero-order valence-corrected chi connectivity index (χ0v) is 9.20. The van der Waals surface area contributed by atoms with Gasteiger partial charge in [-0.3, -0.25) is 0 Å². The minimum atomic E-state index is -0.698. The summed E-state index contributed by atoms with van der Waals surface area (Å²) in [6, 6.07) is 9.39. The standard InChI is InChI=1S/C13H10O5/c14-9-2-1-3-10(7-9)18-13(17)8-4-5-11(15)12(16)6-8/h1-7,14-16H. The number of benzene rings is 2. The molecule has 18 heavy (non-hydrogen) atoms. The van der Waals surface area contributed by atoms with Crippen molar-refractivity contribution < 1.29 is 24.9 Å². The van der Waals surface area contributed by atoms with E-state index in [1.165, 1.54) is 36.4 Å². The van der Waals surface area contributed by atoms with Gasteiger partial charge in [0.15, 0.2) is 11.5 Å². The van der Waals surface area contributed by atoms with Crippen molar-refractivity contribution in [3.8, 4) is 23.0 Å². The summed E-state index contributed by atoms with van der Waals surface area (Å²) in [5, 5.41) is 27.6. The van der Waals surface area contributed by atoms with Crippen LogP contribution in [0.3, 0.4) is 0 Å². The van der Waals surface area contributed by atoms with Gasteiger partial charge in [-0.2, -0.15) is 0 Å². The van der Waals surface area contributed by atoms with E-state index in [0.29, 0.717) is 0 Å². The number of carbonyl (C=O) groups excluding carboxylic acids is 1. The van der Waals surface area contributed by atoms with Gasteiger partial charge >= 0.3 is 5.97 Å². The van der Waals surface area contributed by atoms with Crippen LogP contribution in [0, 0.1) is 0 Å². The van der Waals surface area contributed by atoms with E-state index in [4.69, 9.17) is 9.84 Å². The summed E-state index contributed by atoms with van der Waals surface area (Å²) in [7, 11) is 0. The quantitative estimate of drug-likeness (QED) is 0.428. The lowest BCUT2D eigenvalue weighted by molar-refractivity contribution is 0.0734. The molecule has 2 aromatic rings. The first-order valence-electron chi connectivity index (χ1n) is 5.09. The Morgan fingerprint density at radius 2 is 1.72 bits per heavy atom. The minimum absolute atomic E-state index is 0.0196. The molecule has 0 aliphatic heterocycles. The van der Waals surface area contributed by atoms with Gasteiger partial charge in [0.2, 0.25) is 0 Å². The number of esters is 1. The van der Waals surface area contributed by atoms with Gasteiger partial charge in [0, 0.05) is 6.07 Å². The van der Waals surface area contributed by atoms with Crippen LogP contribution in [-0.4, -0.2) is 21.3 Å². The molecule has 2 aromatic carbocycles. The number of carbonyl (C=O) groups is 1. The highest BCUT2D eigenvalue weighted by Gasteiger charge is 2.11. The van der Waals surface area contributed by atoms with Crippen LogP contribution < -0.4 is 4.74 Å². The first-order valence-corrected chi connectivity index (χ1v) is 5.09. The average molecular weight is 246 g/mol. The molecule has 0 heterocycles. The monoisotopic (exact) mass is 246 g/mol. The van der Waals surface area contributed by atoms with E-state index in [0.717, 1.165) is 6.07 Å². The van der Waals surface area contributed by atoms with Crippen molar-refractivity contribution in [2.75, 3.05) is 0 Å². The van der Waals surface area contributed by atoms with Crippen LogP contribution in [0.5, 0.6) is 23.0 Å². The molecule has 0 spiro atoms. The highest BCUT2D eigenvalue weighted by atomic mass is 16.5. The summed E-state index contributed by atoms with van der Waals surface area (Å²) in [5.41, 5.74) is 0.0913. The van der Waals surface area contributed by atoms with E-state index < -0.39 is 11.7 Å². The first-order chi connectivity index (χ1) is 8.56. The number of ether oxygens (including phenoxy) is 1. The van der Waals surface area contributed by atoms with Gasteiger partial charge in [-0.1, -0.05) is 6.07 Å². The Morgan fingerprint density at radius 3 is 2.39 bits per heavy atom. The smallest absolute Gasteiger partial charge is 0.343 e. The largest absolute Gasteiger partial charge is 0.508 e. The van der Waals surface area contributed by atoms with Crippen LogP contribution in [0.1, 0.15) is 10.4 Å². The summed E-state index contributed by atoms with van der Waals surface area (Å²) >= 11 is 0. The molecule has 0 aromatic heterocycles. The molecular formula is C13H10O5. The van der Waals surface area contributed by atoms with Gasteiger partial charge in [-0.25, -0.2) is 4.79 Å². The fourth-order valence-corrected chi connectivity index (χ4v) is 1.36. The van der Waals surface area contributed by atoms with E-state index in [-0.39, 0.29) is 22.8 Å². The first kappa shape index (κ1) is 11.8. The Morgan fingerprint density at radius 1 is 0.944 bits per heavy atom. The lowest BCUT2D eigenvalue weighted by atomic mass is 10.2. The second kappa shape index (κ2) is 4.67. The molecule has 0 amide bonds. The van der Waals surface area contributed by atoms with Crippen molar-refractivity contribution in [3.05, 3.63) is 48.0 Å². The molecule has 0 fully saturated rings. The van der Waals surface area contributed by atoms with Crippen LogP contribution in [-0.2, 0) is 0 Å². The van der Waals surface area contributed by atoms with Gasteiger partial charge in [-0.05, 0) is 30.3 Å². The number of hydrogen-bond donors (Lipinski definition) is 3. The molecular weight excluding hydrogens is 236 g/mol. The maximum Gasteiger partial charge on any atom is 0.343 e. The fourth-order valence-electron chi connectivity index (χ4n) is 1.36. The van der Waals surface area contributed by atoms with Crippen molar-refractivity contribution in [2.45, 2.75) is 0 Å². The number of phenolic OH excluding ortho intramolecular Hbond substituents is 3. The van der Waals surface area contributed by atoms with E-state index in [2.05, 4.69) is 0 Å². The zero-order chi connectivity index (χ0) is 13.1. The van der Waals surface area contributed by atoms with Crippen molar-refractivity contribution in [2.24, 2.45) is 0 Å². The van der Waals surface area contributed by atoms with Crippen LogP contribution in [0.25, 0.3) is 0 Å². The molecule has 92 valence electrons. The van der Waals surface area contributed by atoms with Crippen molar-refractivity contribution in [1.29, 1.82) is 0 Å². The number of hydrogen-bond acceptors (Lipinski definition) is 5. The molecule has 5 heteroatoms. The predicted molar refractivity (Wildman–Crippen MR) is 62.8 cm³/mol. The molecule has 0 unspecified atom stereocenters. The Bertz CT molecular complexity index is 592. The molecule has 0 saturated carbocycles. The average Bonchev–Trinajstić information content (AvgIpc) is 2.32. The fraction of sp³-hybridized carbons (Fsp3) is 0. The Hall–Kier alpha value is -2.69. The molecule has 0 atom stereocenters. The molecule has 0 bridgehead atoms. The SMILES string of the molecule is O=C(Oc1cccc(O)c1)c1ccc(O)c(O)c1. The van der Waals surface area contributed by atoms with E-state index in [1.807, 2.05) is 0 Å². The maximum absolute atomic E-state index is 11.7. The topological polar surface area (TPSA) is 87.0 Å². The lowest BCUT2D eigenvalue weighted by Crippen LogP contribution is -2.08. The number of phenols is 3. The molecule has 2 rings (SSSR count). The molecule has 0 radical (unpaired) electrons. The molecule has 0 saturated heterocycles. The third-order valence-corrected chi connectivity index (χ3v) is 2.24. The van der Waals surface area contributed by atoms with E-state index >= 15 is 0 Å². The van der Waals surface area contributed by atoms with Gasteiger partial charge < -0.3 is 20.1 Å². The summed E-state index contributed by atoms with van der Waals surface area (Å²) in [6.07, 6.45) is 0. The highest BCUT2D eigenvalue weighted by Crippen LogP contribution is 2.26. The van der Waals surface area contributed by atoms with Crippen LogP contribution >= 0.6 is 0 Å². The van der Waals surface area contributed by atoms with Gasteiger partial charge in [0.1, 0.15) is 11.5 Å². The Labute approximate surface area is 103 Å². The van der Waals surface area contributed by atoms with Gasteiger partial charge in [-0.15, -0.1) is 0 Å². The zero-order valence-electron chi connectivity index (χ0n) is 9.20. The summed E-state index contributed by atoms with van der Waals surface area (Å²) in [5.74, 6) is -1.25. The lowest BCUT2D eigenvalue weighted by Gasteiger charge is -2.05. The number of aromatic hydroxyl groups is 3. The second-order valence-electron chi connectivity index (χ2n) is 3.59. The van der Waals surface area contributed by atoms with Crippen molar-refractivity contribution in [1.82, 2.24) is 0 Å². The summed E-state index contributed by atoms with van der Waals surface area (Å²) in [6.45, 7) is 0. The molecule has 0 aliphatic rings.